The van der Waals surface area contributed by atoms with E-state index >= 15 is 0 Å². The largest absolute Gasteiger partial charge is 0.380 e. The third-order valence-electron chi connectivity index (χ3n) is 1.39. The fourth-order valence-corrected chi connectivity index (χ4v) is 1.56. The van der Waals surface area contributed by atoms with Crippen LogP contribution < -0.4 is 11.5 Å². The van der Waals surface area contributed by atoms with E-state index in [1.807, 2.05) is 6.07 Å². The molecule has 0 spiro atoms. The van der Waals surface area contributed by atoms with Crippen molar-refractivity contribution >= 4 is 23.1 Å². The van der Waals surface area contributed by atoms with E-state index in [9.17, 15) is 4.79 Å². The van der Waals surface area contributed by atoms with Crippen molar-refractivity contribution in [2.24, 2.45) is 16.6 Å². The van der Waals surface area contributed by atoms with Gasteiger partial charge in [-0.25, -0.2) is 4.79 Å². The Hall–Kier alpha value is -1.40. The monoisotopic (exact) mass is 213 g/mol. The molecule has 14 heavy (non-hydrogen) atoms. The minimum atomic E-state index is -0.497. The highest BCUT2D eigenvalue weighted by atomic mass is 32.1. The summed E-state index contributed by atoms with van der Waals surface area (Å²) in [4.78, 5) is 16.6. The summed E-state index contributed by atoms with van der Waals surface area (Å²) >= 11 is 1.42. The van der Waals surface area contributed by atoms with Crippen LogP contribution in [0, 0.1) is 0 Å². The van der Waals surface area contributed by atoms with Gasteiger partial charge in [0.05, 0.1) is 4.88 Å². The Morgan fingerprint density at radius 1 is 1.64 bits per heavy atom. The Kier molecular flexibility index (Phi) is 3.61. The van der Waals surface area contributed by atoms with Crippen LogP contribution in [0.5, 0.6) is 0 Å². The number of amidine groups is 1. The molecule has 0 atom stereocenters. The lowest BCUT2D eigenvalue weighted by Gasteiger charge is -1.94. The van der Waals surface area contributed by atoms with Crippen molar-refractivity contribution < 1.29 is 9.63 Å². The molecule has 76 valence electrons. The molecule has 1 aromatic heterocycles. The van der Waals surface area contributed by atoms with Crippen LogP contribution in [0.1, 0.15) is 16.7 Å². The fourth-order valence-electron chi connectivity index (χ4n) is 0.784. The van der Waals surface area contributed by atoms with Crippen molar-refractivity contribution in [1.29, 1.82) is 0 Å². The smallest absolute Gasteiger partial charge is 0.332 e. The van der Waals surface area contributed by atoms with Gasteiger partial charge in [0.25, 0.3) is 0 Å². The molecule has 4 N–H and O–H groups in total. The molecule has 0 bridgehead atoms. The Morgan fingerprint density at radius 2 is 2.36 bits per heavy atom. The first-order chi connectivity index (χ1) is 6.63. The van der Waals surface area contributed by atoms with Gasteiger partial charge in [-0.2, -0.15) is 0 Å². The van der Waals surface area contributed by atoms with Crippen molar-refractivity contribution in [2.75, 3.05) is 0 Å². The Labute approximate surface area is 85.3 Å². The van der Waals surface area contributed by atoms with E-state index in [1.54, 1.807) is 6.07 Å². The summed E-state index contributed by atoms with van der Waals surface area (Å²) in [5.74, 6) is -0.312. The van der Waals surface area contributed by atoms with Gasteiger partial charge in [-0.3, -0.25) is 0 Å². The maximum absolute atomic E-state index is 10.4. The molecular weight excluding hydrogens is 202 g/mol. The highest BCUT2D eigenvalue weighted by molar-refractivity contribution is 7.14. The molecule has 0 saturated heterocycles. The second kappa shape index (κ2) is 4.73. The molecule has 0 unspecified atom stereocenters. The number of hydrogen-bond acceptors (Lipinski definition) is 5. The number of nitrogens with two attached hydrogens (primary N) is 2. The summed E-state index contributed by atoms with van der Waals surface area (Å²) in [6.45, 7) is 1.72. The number of thiophene rings is 1. The average Bonchev–Trinajstić information content (AvgIpc) is 2.62. The van der Waals surface area contributed by atoms with Crippen LogP contribution in [0.4, 0.5) is 0 Å². The third-order valence-corrected chi connectivity index (χ3v) is 2.52. The van der Waals surface area contributed by atoms with Gasteiger partial charge in [-0.15, -0.1) is 11.3 Å². The van der Waals surface area contributed by atoms with Crippen molar-refractivity contribution in [3.63, 3.8) is 0 Å². The standard InChI is InChI=1S/C8H11N3O2S/c1-5(12)13-11-8(10)7-3-2-6(4-9)14-7/h2-3H,4,9H2,1H3,(H2,10,11). The highest BCUT2D eigenvalue weighted by Gasteiger charge is 2.03. The van der Waals surface area contributed by atoms with Crippen LogP contribution in [-0.2, 0) is 16.2 Å². The van der Waals surface area contributed by atoms with Gasteiger partial charge in [0.2, 0.25) is 0 Å². The second-order valence-corrected chi connectivity index (χ2v) is 3.70. The number of nitrogens with zero attached hydrogens (tertiary/aromatic N) is 1. The minimum absolute atomic E-state index is 0.185. The molecule has 1 aromatic rings. The molecule has 1 heterocycles. The van der Waals surface area contributed by atoms with Gasteiger partial charge >= 0.3 is 5.97 Å². The average molecular weight is 213 g/mol. The predicted octanol–water partition coefficient (Wildman–Crippen LogP) is 0.390. The maximum atomic E-state index is 10.4. The van der Waals surface area contributed by atoms with Gasteiger partial charge in [-0.05, 0) is 12.1 Å². The number of hydrogen-bond donors (Lipinski definition) is 2. The van der Waals surface area contributed by atoms with Gasteiger partial charge < -0.3 is 16.3 Å². The van der Waals surface area contributed by atoms with Gasteiger partial charge in [0.15, 0.2) is 5.84 Å². The summed E-state index contributed by atoms with van der Waals surface area (Å²) in [6.07, 6.45) is 0. The molecule has 0 amide bonds. The summed E-state index contributed by atoms with van der Waals surface area (Å²) in [5, 5.41) is 3.46. The van der Waals surface area contributed by atoms with E-state index in [0.717, 1.165) is 9.75 Å². The third kappa shape index (κ3) is 2.82. The van der Waals surface area contributed by atoms with Crippen molar-refractivity contribution in [3.8, 4) is 0 Å². The Bertz CT molecular complexity index is 359. The van der Waals surface area contributed by atoms with Gasteiger partial charge in [0, 0.05) is 18.3 Å². The van der Waals surface area contributed by atoms with E-state index in [0.29, 0.717) is 6.54 Å². The van der Waals surface area contributed by atoms with Crippen molar-refractivity contribution in [1.82, 2.24) is 0 Å². The summed E-state index contributed by atoms with van der Waals surface area (Å²) in [5.41, 5.74) is 11.0. The second-order valence-electron chi connectivity index (χ2n) is 2.53. The van der Waals surface area contributed by atoms with Crippen LogP contribution in [0.15, 0.2) is 17.3 Å². The fraction of sp³-hybridized carbons (Fsp3) is 0.250. The van der Waals surface area contributed by atoms with E-state index < -0.39 is 5.97 Å². The molecule has 0 aromatic carbocycles. The summed E-state index contributed by atoms with van der Waals surface area (Å²) < 4.78 is 0. The van der Waals surface area contributed by atoms with Crippen molar-refractivity contribution in [2.45, 2.75) is 13.5 Å². The zero-order chi connectivity index (χ0) is 10.6. The zero-order valence-corrected chi connectivity index (χ0v) is 8.50. The van der Waals surface area contributed by atoms with Crippen LogP contribution in [-0.4, -0.2) is 11.8 Å². The van der Waals surface area contributed by atoms with Gasteiger partial charge in [-0.1, -0.05) is 5.16 Å². The zero-order valence-electron chi connectivity index (χ0n) is 7.69. The van der Waals surface area contributed by atoms with E-state index in [-0.39, 0.29) is 5.84 Å². The first kappa shape index (κ1) is 10.7. The molecule has 0 aliphatic carbocycles. The SMILES string of the molecule is CC(=O)ON=C(N)c1ccc(CN)s1. The van der Waals surface area contributed by atoms with E-state index in [4.69, 9.17) is 11.5 Å². The molecule has 0 fully saturated rings. The van der Waals surface area contributed by atoms with Crippen molar-refractivity contribution in [3.05, 3.63) is 21.9 Å². The molecule has 6 heteroatoms. The van der Waals surface area contributed by atoms with E-state index in [1.165, 1.54) is 18.3 Å². The molecule has 1 rings (SSSR count). The lowest BCUT2D eigenvalue weighted by molar-refractivity contribution is -0.140. The maximum Gasteiger partial charge on any atom is 0.332 e. The van der Waals surface area contributed by atoms with E-state index in [2.05, 4.69) is 9.99 Å². The Balaban J connectivity index is 2.73. The molecule has 5 nitrogen and oxygen atoms in total. The predicted molar refractivity (Wildman–Crippen MR) is 54.7 cm³/mol. The quantitative estimate of drug-likeness (QED) is 0.329. The highest BCUT2D eigenvalue weighted by Crippen LogP contribution is 2.15. The molecule has 0 saturated carbocycles. The van der Waals surface area contributed by atoms with Crippen LogP contribution in [0.2, 0.25) is 0 Å². The van der Waals surface area contributed by atoms with Crippen LogP contribution >= 0.6 is 11.3 Å². The topological polar surface area (TPSA) is 90.7 Å². The first-order valence-electron chi connectivity index (χ1n) is 3.93. The van der Waals surface area contributed by atoms with Crippen LogP contribution in [0.25, 0.3) is 0 Å². The number of carbonyl (C=O) groups is 1. The lowest BCUT2D eigenvalue weighted by Crippen LogP contribution is -2.12. The number of carbonyl (C=O) groups excluding carboxylic acids is 1. The van der Waals surface area contributed by atoms with Gasteiger partial charge in [0.1, 0.15) is 0 Å². The lowest BCUT2D eigenvalue weighted by atomic mass is 10.4. The first-order valence-corrected chi connectivity index (χ1v) is 4.75. The molecule has 0 radical (unpaired) electrons. The normalized spacial score (nSPS) is 11.4. The van der Waals surface area contributed by atoms with Crippen LogP contribution in [0.3, 0.4) is 0 Å². The molecular formula is C8H11N3O2S. The summed E-state index contributed by atoms with van der Waals surface area (Å²) in [7, 11) is 0. The molecule has 0 aliphatic rings. The number of rotatable bonds is 3. The Morgan fingerprint density at radius 3 is 2.86 bits per heavy atom. The minimum Gasteiger partial charge on any atom is -0.380 e. The summed E-state index contributed by atoms with van der Waals surface area (Å²) in [6, 6.07) is 3.64. The number of oxime groups is 1. The molecule has 0 aliphatic heterocycles.